The van der Waals surface area contributed by atoms with E-state index in [2.05, 4.69) is 19.1 Å². The number of aliphatic carboxylic acids is 1. The highest BCUT2D eigenvalue weighted by molar-refractivity contribution is 5.73. The number of nitriles is 2. The van der Waals surface area contributed by atoms with Gasteiger partial charge < -0.3 is 9.84 Å². The Bertz CT molecular complexity index is 622. The number of nitrogens with zero attached hydrogens (tertiary/aromatic N) is 2. The lowest BCUT2D eigenvalue weighted by Gasteiger charge is -2.15. The van der Waals surface area contributed by atoms with Crippen molar-refractivity contribution in [2.45, 2.75) is 85.0 Å². The molecule has 6 nitrogen and oxygen atoms in total. The Labute approximate surface area is 181 Å². The lowest BCUT2D eigenvalue weighted by molar-refractivity contribution is -0.149. The number of carbonyl (C=O) groups excluding carboxylic acids is 1. The van der Waals surface area contributed by atoms with Crippen LogP contribution in [0.3, 0.4) is 0 Å². The molecule has 1 N–H and O–H groups in total. The van der Waals surface area contributed by atoms with Crippen molar-refractivity contribution < 1.29 is 19.4 Å². The molecule has 168 valence electrons. The minimum absolute atomic E-state index is 0.0335. The molecule has 2 aliphatic carbocycles. The third-order valence-electron chi connectivity index (χ3n) is 6.87. The van der Waals surface area contributed by atoms with Gasteiger partial charge in [0.15, 0.2) is 0 Å². The van der Waals surface area contributed by atoms with Gasteiger partial charge in [0.2, 0.25) is 0 Å². The standard InChI is InChI=1S/C13H21NO2.C11H17NO2/c1-3-11-8-10(6-5-7-14)9-12(11)13(15)16-4-2;1-2-9-6-8(4-3-5-12)7-10(9)11(13)14/h10-12H,3-6,8-9H2,1-2H3;8-10H,2-4,6-7H2,1H3,(H,13,14)/t;8-,9+,10-/m.0/s1. The van der Waals surface area contributed by atoms with Crippen LogP contribution >= 0.6 is 0 Å². The van der Waals surface area contributed by atoms with Crippen LogP contribution in [0.15, 0.2) is 0 Å². The maximum atomic E-state index is 11.7. The summed E-state index contributed by atoms with van der Waals surface area (Å²) in [5.74, 6) is 1.01. The molecule has 6 heteroatoms. The van der Waals surface area contributed by atoms with Crippen molar-refractivity contribution in [2.24, 2.45) is 35.5 Å². The molecule has 0 aromatic rings. The zero-order valence-electron chi connectivity index (χ0n) is 18.8. The van der Waals surface area contributed by atoms with E-state index < -0.39 is 5.97 Å². The molecule has 0 aromatic carbocycles. The summed E-state index contributed by atoms with van der Waals surface area (Å²) in [6, 6.07) is 4.30. The average molecular weight is 419 g/mol. The van der Waals surface area contributed by atoms with Gasteiger partial charge in [0.25, 0.3) is 0 Å². The summed E-state index contributed by atoms with van der Waals surface area (Å²) in [5, 5.41) is 26.0. The Hall–Kier alpha value is -2.08. The zero-order valence-corrected chi connectivity index (χ0v) is 18.8. The molecule has 0 amide bonds. The quantitative estimate of drug-likeness (QED) is 0.506. The summed E-state index contributed by atoms with van der Waals surface area (Å²) >= 11 is 0. The first-order chi connectivity index (χ1) is 14.4. The van der Waals surface area contributed by atoms with E-state index in [9.17, 15) is 9.59 Å². The van der Waals surface area contributed by atoms with Gasteiger partial charge >= 0.3 is 11.9 Å². The van der Waals surface area contributed by atoms with E-state index in [1.807, 2.05) is 13.8 Å². The van der Waals surface area contributed by atoms with Crippen molar-refractivity contribution in [3.05, 3.63) is 0 Å². The number of carbonyl (C=O) groups is 2. The smallest absolute Gasteiger partial charge is 0.309 e. The topological polar surface area (TPSA) is 111 Å². The van der Waals surface area contributed by atoms with Gasteiger partial charge in [-0.3, -0.25) is 9.59 Å². The molecule has 0 aliphatic heterocycles. The number of carboxylic acid groups (broad SMARTS) is 1. The van der Waals surface area contributed by atoms with Gasteiger partial charge in [0, 0.05) is 12.8 Å². The van der Waals surface area contributed by atoms with Gasteiger partial charge in [0.1, 0.15) is 0 Å². The number of ether oxygens (including phenoxy) is 1. The highest BCUT2D eigenvalue weighted by Gasteiger charge is 2.38. The molecule has 2 saturated carbocycles. The van der Waals surface area contributed by atoms with E-state index in [0.717, 1.165) is 51.4 Å². The first-order valence-electron chi connectivity index (χ1n) is 11.5. The second-order valence-electron chi connectivity index (χ2n) is 8.71. The number of hydrogen-bond acceptors (Lipinski definition) is 5. The Morgan fingerprint density at radius 2 is 1.33 bits per heavy atom. The maximum Gasteiger partial charge on any atom is 0.309 e. The molecule has 3 unspecified atom stereocenters. The summed E-state index contributed by atoms with van der Waals surface area (Å²) in [4.78, 5) is 22.7. The molecule has 0 aromatic heterocycles. The molecule has 0 spiro atoms. The minimum atomic E-state index is -0.656. The lowest BCUT2D eigenvalue weighted by Crippen LogP contribution is -2.21. The highest BCUT2D eigenvalue weighted by atomic mass is 16.5. The highest BCUT2D eigenvalue weighted by Crippen LogP contribution is 2.41. The van der Waals surface area contributed by atoms with Crippen molar-refractivity contribution >= 4 is 11.9 Å². The van der Waals surface area contributed by atoms with E-state index in [1.54, 1.807) is 0 Å². The normalized spacial score (nSPS) is 29.9. The van der Waals surface area contributed by atoms with Crippen LogP contribution in [0.2, 0.25) is 0 Å². The van der Waals surface area contributed by atoms with Gasteiger partial charge in [-0.05, 0) is 69.1 Å². The fourth-order valence-electron chi connectivity index (χ4n) is 5.23. The van der Waals surface area contributed by atoms with Crippen LogP contribution in [-0.4, -0.2) is 23.7 Å². The van der Waals surface area contributed by atoms with Crippen LogP contribution in [0.5, 0.6) is 0 Å². The van der Waals surface area contributed by atoms with E-state index in [0.29, 0.717) is 43.1 Å². The molecular weight excluding hydrogens is 380 g/mol. The monoisotopic (exact) mass is 418 g/mol. The number of hydrogen-bond donors (Lipinski definition) is 1. The van der Waals surface area contributed by atoms with E-state index in [4.69, 9.17) is 20.4 Å². The predicted octanol–water partition coefficient (Wildman–Crippen LogP) is 5.33. The van der Waals surface area contributed by atoms with E-state index in [-0.39, 0.29) is 17.8 Å². The first-order valence-corrected chi connectivity index (χ1v) is 11.5. The average Bonchev–Trinajstić information content (AvgIpc) is 3.35. The van der Waals surface area contributed by atoms with Crippen molar-refractivity contribution in [1.82, 2.24) is 0 Å². The fourth-order valence-corrected chi connectivity index (χ4v) is 5.23. The van der Waals surface area contributed by atoms with E-state index >= 15 is 0 Å². The molecule has 0 saturated heterocycles. The molecule has 0 heterocycles. The summed E-state index contributed by atoms with van der Waals surface area (Å²) < 4.78 is 5.11. The molecule has 6 atom stereocenters. The van der Waals surface area contributed by atoms with Crippen LogP contribution in [0.1, 0.15) is 85.0 Å². The SMILES string of the molecule is CCOC(=O)C1CC(CCC#N)CC1CC.CC[C@@H]1C[C@H](CCC#N)C[C@@H]1C(=O)O. The lowest BCUT2D eigenvalue weighted by atomic mass is 9.94. The van der Waals surface area contributed by atoms with Crippen molar-refractivity contribution in [3.8, 4) is 12.1 Å². The van der Waals surface area contributed by atoms with Crippen LogP contribution < -0.4 is 0 Å². The Kier molecular flexibility index (Phi) is 12.1. The second-order valence-corrected chi connectivity index (χ2v) is 8.71. The van der Waals surface area contributed by atoms with Gasteiger partial charge in [-0.1, -0.05) is 26.7 Å². The van der Waals surface area contributed by atoms with Crippen LogP contribution in [-0.2, 0) is 14.3 Å². The van der Waals surface area contributed by atoms with Gasteiger partial charge in [0.05, 0.1) is 30.6 Å². The summed E-state index contributed by atoms with van der Waals surface area (Å²) in [6.07, 6.45) is 8.72. The van der Waals surface area contributed by atoms with Crippen molar-refractivity contribution in [2.75, 3.05) is 6.61 Å². The van der Waals surface area contributed by atoms with Gasteiger partial charge in [-0.15, -0.1) is 0 Å². The number of rotatable bonds is 9. The Morgan fingerprint density at radius 3 is 1.70 bits per heavy atom. The molecule has 2 fully saturated rings. The van der Waals surface area contributed by atoms with Crippen LogP contribution in [0, 0.1) is 58.2 Å². The number of carboxylic acids is 1. The summed E-state index contributed by atoms with van der Waals surface area (Å²) in [7, 11) is 0. The fraction of sp³-hybridized carbons (Fsp3) is 0.833. The van der Waals surface area contributed by atoms with Crippen LogP contribution in [0.25, 0.3) is 0 Å². The third-order valence-corrected chi connectivity index (χ3v) is 6.87. The molecule has 30 heavy (non-hydrogen) atoms. The predicted molar refractivity (Wildman–Crippen MR) is 114 cm³/mol. The Balaban J connectivity index is 0.000000303. The van der Waals surface area contributed by atoms with Gasteiger partial charge in [-0.2, -0.15) is 10.5 Å². The first kappa shape index (κ1) is 26.0. The van der Waals surface area contributed by atoms with Crippen molar-refractivity contribution in [3.63, 3.8) is 0 Å². The largest absolute Gasteiger partial charge is 0.481 e. The molecule has 2 aliphatic rings. The summed E-state index contributed by atoms with van der Waals surface area (Å²) in [6.45, 7) is 6.49. The van der Waals surface area contributed by atoms with Crippen LogP contribution in [0.4, 0.5) is 0 Å². The van der Waals surface area contributed by atoms with Gasteiger partial charge in [-0.25, -0.2) is 0 Å². The van der Waals surface area contributed by atoms with Crippen molar-refractivity contribution in [1.29, 1.82) is 10.5 Å². The molecule has 2 rings (SSSR count). The molecule has 0 radical (unpaired) electrons. The zero-order chi connectivity index (χ0) is 22.5. The van der Waals surface area contributed by atoms with E-state index in [1.165, 1.54) is 0 Å². The minimum Gasteiger partial charge on any atom is -0.481 e. The Morgan fingerprint density at radius 1 is 0.867 bits per heavy atom. The third kappa shape index (κ3) is 7.98. The second kappa shape index (κ2) is 14.0. The molecular formula is C24H38N2O4. The molecule has 0 bridgehead atoms. The maximum absolute atomic E-state index is 11.7. The summed E-state index contributed by atoms with van der Waals surface area (Å²) in [5.41, 5.74) is 0. The number of esters is 1.